The Bertz CT molecular complexity index is 1110. The van der Waals surface area contributed by atoms with Gasteiger partial charge in [0.15, 0.2) is 6.10 Å². The van der Waals surface area contributed by atoms with Crippen molar-refractivity contribution in [2.75, 3.05) is 13.2 Å². The third-order valence-electron chi connectivity index (χ3n) is 6.37. The highest BCUT2D eigenvalue weighted by atomic mass is 19.4. The summed E-state index contributed by atoms with van der Waals surface area (Å²) in [5.74, 6) is -3.41. The fourth-order valence-corrected chi connectivity index (χ4v) is 4.39. The van der Waals surface area contributed by atoms with E-state index in [9.17, 15) is 27.6 Å². The molecule has 11 heteroatoms. The van der Waals surface area contributed by atoms with Crippen LogP contribution in [-0.2, 0) is 19.1 Å². The van der Waals surface area contributed by atoms with Crippen LogP contribution in [0.1, 0.15) is 30.4 Å². The van der Waals surface area contributed by atoms with Gasteiger partial charge in [0.25, 0.3) is 5.91 Å². The van der Waals surface area contributed by atoms with Gasteiger partial charge in [-0.3, -0.25) is 10.1 Å². The highest BCUT2D eigenvalue weighted by molar-refractivity contribution is 5.91. The van der Waals surface area contributed by atoms with Gasteiger partial charge in [-0.15, -0.1) is 0 Å². The molecule has 0 bridgehead atoms. The molecular formula is C24H23F3N2O6. The molecule has 0 saturated carbocycles. The largest absolute Gasteiger partial charge is 0.479 e. The van der Waals surface area contributed by atoms with Crippen molar-refractivity contribution in [1.82, 2.24) is 10.6 Å². The van der Waals surface area contributed by atoms with Gasteiger partial charge in [-0.1, -0.05) is 48.5 Å². The van der Waals surface area contributed by atoms with E-state index in [1.165, 1.54) is 0 Å². The van der Waals surface area contributed by atoms with Crippen molar-refractivity contribution in [1.29, 1.82) is 0 Å². The van der Waals surface area contributed by atoms with Gasteiger partial charge >= 0.3 is 18.2 Å². The molecule has 0 spiro atoms. The highest BCUT2D eigenvalue weighted by Gasteiger charge is 2.59. The van der Waals surface area contributed by atoms with E-state index in [0.29, 0.717) is 6.92 Å². The van der Waals surface area contributed by atoms with Crippen molar-refractivity contribution in [3.63, 3.8) is 0 Å². The average Bonchev–Trinajstić information content (AvgIpc) is 3.39. The number of hydrogen-bond donors (Lipinski definition) is 3. The third kappa shape index (κ3) is 4.55. The molecule has 2 aromatic rings. The van der Waals surface area contributed by atoms with E-state index >= 15 is 0 Å². The van der Waals surface area contributed by atoms with Crippen LogP contribution >= 0.6 is 0 Å². The van der Waals surface area contributed by atoms with Crippen LogP contribution < -0.4 is 10.6 Å². The number of halogens is 3. The van der Waals surface area contributed by atoms with Crippen LogP contribution in [0.5, 0.6) is 0 Å². The lowest BCUT2D eigenvalue weighted by Crippen LogP contribution is -2.67. The molecule has 1 aliphatic heterocycles. The molecule has 3 unspecified atom stereocenters. The minimum atomic E-state index is -5.19. The van der Waals surface area contributed by atoms with Crippen LogP contribution in [0, 0.1) is 0 Å². The molecule has 3 atom stereocenters. The number of carbonyl (C=O) groups is 3. The first-order valence-electron chi connectivity index (χ1n) is 10.9. The molecule has 35 heavy (non-hydrogen) atoms. The number of amides is 2. The molecule has 1 heterocycles. The lowest BCUT2D eigenvalue weighted by Gasteiger charge is -2.32. The van der Waals surface area contributed by atoms with E-state index in [4.69, 9.17) is 14.6 Å². The predicted molar refractivity (Wildman–Crippen MR) is 117 cm³/mol. The number of carboxylic acid groups (broad SMARTS) is 1. The standard InChI is InChI=1S/C24H23F3N2O6/c1-23(24(25,26)27,21(32)28-18-10-11-34-19(18)20(30)31)29-22(33)35-12-17-15-8-4-2-6-13(15)14-7-3-5-9-16(14)17/h2-9,17-19H,10-12H2,1H3,(H,28,32)(H,29,33)(H,30,31). The van der Waals surface area contributed by atoms with E-state index in [1.807, 2.05) is 48.5 Å². The minimum Gasteiger partial charge on any atom is -0.479 e. The summed E-state index contributed by atoms with van der Waals surface area (Å²) in [4.78, 5) is 36.3. The molecule has 2 amide bonds. The molecule has 2 aliphatic rings. The van der Waals surface area contributed by atoms with Crippen LogP contribution in [-0.4, -0.2) is 60.2 Å². The fourth-order valence-electron chi connectivity index (χ4n) is 4.39. The van der Waals surface area contributed by atoms with Crippen molar-refractivity contribution in [2.45, 2.75) is 43.1 Å². The van der Waals surface area contributed by atoms with E-state index in [1.54, 1.807) is 5.32 Å². The van der Waals surface area contributed by atoms with Crippen LogP contribution in [0.4, 0.5) is 18.0 Å². The topological polar surface area (TPSA) is 114 Å². The van der Waals surface area contributed by atoms with Crippen molar-refractivity contribution >= 4 is 18.0 Å². The molecule has 2 aromatic carbocycles. The van der Waals surface area contributed by atoms with Crippen molar-refractivity contribution < 1.29 is 42.1 Å². The Balaban J connectivity index is 1.47. The smallest absolute Gasteiger partial charge is 0.420 e. The maximum Gasteiger partial charge on any atom is 0.420 e. The van der Waals surface area contributed by atoms with E-state index in [0.717, 1.165) is 22.3 Å². The first kappa shape index (κ1) is 24.5. The Morgan fingerprint density at radius 2 is 1.63 bits per heavy atom. The second kappa shape index (κ2) is 9.21. The fraction of sp³-hybridized carbons (Fsp3) is 0.375. The molecule has 0 radical (unpaired) electrons. The van der Waals surface area contributed by atoms with Crippen molar-refractivity contribution in [2.24, 2.45) is 0 Å². The molecule has 8 nitrogen and oxygen atoms in total. The molecule has 0 aromatic heterocycles. The molecule has 1 aliphatic carbocycles. The Labute approximate surface area is 198 Å². The quantitative estimate of drug-likeness (QED) is 0.571. The Morgan fingerprint density at radius 1 is 1.06 bits per heavy atom. The number of nitrogens with one attached hydrogen (secondary N) is 2. The number of aliphatic carboxylic acids is 1. The molecule has 1 fully saturated rings. The summed E-state index contributed by atoms with van der Waals surface area (Å²) < 4.78 is 51.8. The summed E-state index contributed by atoms with van der Waals surface area (Å²) in [6, 6.07) is 13.7. The number of benzene rings is 2. The summed E-state index contributed by atoms with van der Waals surface area (Å²) in [6.07, 6.45) is -8.09. The molecule has 1 saturated heterocycles. The van der Waals surface area contributed by atoms with Gasteiger partial charge in [0, 0.05) is 12.5 Å². The van der Waals surface area contributed by atoms with Crippen LogP contribution in [0.3, 0.4) is 0 Å². The zero-order valence-corrected chi connectivity index (χ0v) is 18.6. The molecule has 186 valence electrons. The number of fused-ring (bicyclic) bond motifs is 3. The summed E-state index contributed by atoms with van der Waals surface area (Å²) in [6.45, 7) is 0.215. The molecule has 4 rings (SSSR count). The van der Waals surface area contributed by atoms with Crippen molar-refractivity contribution in [3.8, 4) is 11.1 Å². The van der Waals surface area contributed by atoms with Gasteiger partial charge in [0.2, 0.25) is 5.54 Å². The summed E-state index contributed by atoms with van der Waals surface area (Å²) >= 11 is 0. The normalized spacial score (nSPS) is 20.9. The Hall–Kier alpha value is -3.60. The Morgan fingerprint density at radius 3 is 2.17 bits per heavy atom. The minimum absolute atomic E-state index is 0.0155. The number of alkyl carbamates (subject to hydrolysis) is 1. The summed E-state index contributed by atoms with van der Waals surface area (Å²) in [5, 5.41) is 12.8. The first-order valence-corrected chi connectivity index (χ1v) is 10.9. The number of rotatable bonds is 6. The summed E-state index contributed by atoms with van der Waals surface area (Å²) in [5.41, 5.74) is 0.283. The monoisotopic (exact) mass is 492 g/mol. The predicted octanol–water partition coefficient (Wildman–Crippen LogP) is 3.20. The zero-order valence-electron chi connectivity index (χ0n) is 18.6. The van der Waals surface area contributed by atoms with Gasteiger partial charge in [0.1, 0.15) is 6.61 Å². The van der Waals surface area contributed by atoms with Gasteiger partial charge in [-0.25, -0.2) is 9.59 Å². The van der Waals surface area contributed by atoms with Crippen LogP contribution in [0.2, 0.25) is 0 Å². The SMILES string of the molecule is CC(NC(=O)OCC1c2ccccc2-c2ccccc21)(C(=O)NC1CCOC1C(=O)O)C(F)(F)F. The van der Waals surface area contributed by atoms with E-state index in [2.05, 4.69) is 5.32 Å². The van der Waals surface area contributed by atoms with Crippen LogP contribution in [0.15, 0.2) is 48.5 Å². The molecular weight excluding hydrogens is 469 g/mol. The maximum absolute atomic E-state index is 13.9. The number of carbonyl (C=O) groups excluding carboxylic acids is 2. The van der Waals surface area contributed by atoms with Crippen molar-refractivity contribution in [3.05, 3.63) is 59.7 Å². The van der Waals surface area contributed by atoms with E-state index in [-0.39, 0.29) is 25.6 Å². The van der Waals surface area contributed by atoms with Gasteiger partial charge in [-0.2, -0.15) is 13.2 Å². The Kier molecular flexibility index (Phi) is 6.46. The van der Waals surface area contributed by atoms with Crippen LogP contribution in [0.25, 0.3) is 11.1 Å². The van der Waals surface area contributed by atoms with Gasteiger partial charge in [0.05, 0.1) is 6.04 Å². The number of ether oxygens (including phenoxy) is 2. The number of hydrogen-bond acceptors (Lipinski definition) is 5. The third-order valence-corrected chi connectivity index (χ3v) is 6.37. The lowest BCUT2D eigenvalue weighted by molar-refractivity contribution is -0.194. The average molecular weight is 492 g/mol. The summed E-state index contributed by atoms with van der Waals surface area (Å²) in [7, 11) is 0. The number of alkyl halides is 3. The first-order chi connectivity index (χ1) is 16.5. The highest BCUT2D eigenvalue weighted by Crippen LogP contribution is 2.44. The number of carboxylic acids is 1. The van der Waals surface area contributed by atoms with E-state index < -0.39 is 41.8 Å². The lowest BCUT2D eigenvalue weighted by atomic mass is 9.98. The zero-order chi connectivity index (χ0) is 25.4. The molecule has 3 N–H and O–H groups in total. The van der Waals surface area contributed by atoms with Gasteiger partial charge in [-0.05, 0) is 35.6 Å². The van der Waals surface area contributed by atoms with Gasteiger partial charge < -0.3 is 19.9 Å². The maximum atomic E-state index is 13.9. The second-order valence-corrected chi connectivity index (χ2v) is 8.57. The second-order valence-electron chi connectivity index (χ2n) is 8.57.